The topological polar surface area (TPSA) is 75.6 Å². The molecule has 5 nitrogen and oxygen atoms in total. The first kappa shape index (κ1) is 15.8. The summed E-state index contributed by atoms with van der Waals surface area (Å²) in [4.78, 5) is 24.1. The molecule has 2 N–H and O–H groups in total. The van der Waals surface area contributed by atoms with E-state index < -0.39 is 11.5 Å². The van der Waals surface area contributed by atoms with Gasteiger partial charge in [-0.15, -0.1) is 0 Å². The molecule has 1 aromatic rings. The van der Waals surface area contributed by atoms with Crippen LogP contribution in [0.25, 0.3) is 0 Å². The van der Waals surface area contributed by atoms with E-state index in [0.29, 0.717) is 30.2 Å². The molecule has 1 aliphatic heterocycles. The molecular weight excluding hydrogens is 294 g/mol. The van der Waals surface area contributed by atoms with Crippen molar-refractivity contribution in [1.82, 2.24) is 5.32 Å². The van der Waals surface area contributed by atoms with Crippen LogP contribution in [-0.4, -0.2) is 30.2 Å². The number of hydrogen-bond acceptors (Lipinski definition) is 3. The second kappa shape index (κ2) is 6.45. The number of hydrogen-bond donors (Lipinski definition) is 2. The summed E-state index contributed by atoms with van der Waals surface area (Å²) in [5.74, 6) is -1.66. The van der Waals surface area contributed by atoms with E-state index in [1.165, 1.54) is 0 Å². The van der Waals surface area contributed by atoms with Crippen molar-refractivity contribution < 1.29 is 19.4 Å². The largest absolute Gasteiger partial charge is 0.479 e. The van der Waals surface area contributed by atoms with Crippen LogP contribution in [0.5, 0.6) is 0 Å². The molecule has 1 saturated heterocycles. The standard InChI is InChI=1S/C15H18ClNO4/c1-2-15(14(19)20,11-3-5-12(16)6-4-11)17-13(18)10-7-8-21-9-10/h3-6,10H,2,7-9H2,1H3,(H,17,18)(H,19,20). The molecule has 2 unspecified atom stereocenters. The first-order valence-corrected chi connectivity index (χ1v) is 7.26. The van der Waals surface area contributed by atoms with Gasteiger partial charge in [-0.05, 0) is 30.5 Å². The Labute approximate surface area is 128 Å². The van der Waals surface area contributed by atoms with Gasteiger partial charge in [0.1, 0.15) is 0 Å². The number of carbonyl (C=O) groups is 2. The summed E-state index contributed by atoms with van der Waals surface area (Å²) in [5.41, 5.74) is -0.932. The fraction of sp³-hybridized carbons (Fsp3) is 0.467. The van der Waals surface area contributed by atoms with Gasteiger partial charge in [-0.2, -0.15) is 0 Å². The maximum atomic E-state index is 12.3. The molecule has 1 aliphatic rings. The molecule has 2 rings (SSSR count). The summed E-state index contributed by atoms with van der Waals surface area (Å²) < 4.78 is 5.18. The monoisotopic (exact) mass is 311 g/mol. The number of halogens is 1. The van der Waals surface area contributed by atoms with Gasteiger partial charge in [-0.3, -0.25) is 4.79 Å². The Bertz CT molecular complexity index is 525. The lowest BCUT2D eigenvalue weighted by Crippen LogP contribution is -2.53. The third-order valence-corrected chi connectivity index (χ3v) is 4.12. The van der Waals surface area contributed by atoms with Crippen LogP contribution >= 0.6 is 11.6 Å². The SMILES string of the molecule is CCC(NC(=O)C1CCOC1)(C(=O)O)c1ccc(Cl)cc1. The molecule has 1 aromatic carbocycles. The van der Waals surface area contributed by atoms with Gasteiger partial charge in [0.15, 0.2) is 5.54 Å². The van der Waals surface area contributed by atoms with Crippen LogP contribution in [0.1, 0.15) is 25.3 Å². The fourth-order valence-electron chi connectivity index (χ4n) is 2.48. The van der Waals surface area contributed by atoms with Crippen molar-refractivity contribution in [2.45, 2.75) is 25.3 Å². The van der Waals surface area contributed by atoms with E-state index in [9.17, 15) is 14.7 Å². The Morgan fingerprint density at radius 1 is 1.43 bits per heavy atom. The maximum absolute atomic E-state index is 12.3. The van der Waals surface area contributed by atoms with E-state index in [-0.39, 0.29) is 18.2 Å². The number of nitrogens with one attached hydrogen (secondary N) is 1. The Hall–Kier alpha value is -1.59. The average Bonchev–Trinajstić information content (AvgIpc) is 2.99. The summed E-state index contributed by atoms with van der Waals surface area (Å²) >= 11 is 5.84. The molecule has 0 bridgehead atoms. The Balaban J connectivity index is 2.30. The van der Waals surface area contributed by atoms with Crippen molar-refractivity contribution in [3.8, 4) is 0 Å². The second-order valence-corrected chi connectivity index (χ2v) is 5.56. The molecular formula is C15H18ClNO4. The van der Waals surface area contributed by atoms with Crippen LogP contribution in [0, 0.1) is 5.92 Å². The lowest BCUT2D eigenvalue weighted by atomic mass is 9.86. The zero-order valence-corrected chi connectivity index (χ0v) is 12.5. The Morgan fingerprint density at radius 2 is 2.10 bits per heavy atom. The number of ether oxygens (including phenoxy) is 1. The van der Waals surface area contributed by atoms with E-state index >= 15 is 0 Å². The molecule has 21 heavy (non-hydrogen) atoms. The molecule has 114 valence electrons. The van der Waals surface area contributed by atoms with Gasteiger partial charge < -0.3 is 15.2 Å². The minimum absolute atomic E-state index is 0.239. The first-order chi connectivity index (χ1) is 9.99. The van der Waals surface area contributed by atoms with Gasteiger partial charge in [-0.25, -0.2) is 4.79 Å². The highest BCUT2D eigenvalue weighted by atomic mass is 35.5. The molecule has 0 aromatic heterocycles. The number of rotatable bonds is 5. The molecule has 0 aliphatic carbocycles. The van der Waals surface area contributed by atoms with E-state index in [1.54, 1.807) is 31.2 Å². The summed E-state index contributed by atoms with van der Waals surface area (Å²) in [6, 6.07) is 6.50. The van der Waals surface area contributed by atoms with Gasteiger partial charge in [-0.1, -0.05) is 30.7 Å². The highest BCUT2D eigenvalue weighted by molar-refractivity contribution is 6.30. The number of aliphatic carboxylic acids is 1. The van der Waals surface area contributed by atoms with Crippen LogP contribution in [-0.2, 0) is 19.9 Å². The number of benzene rings is 1. The van der Waals surface area contributed by atoms with Crippen molar-refractivity contribution >= 4 is 23.5 Å². The number of carboxylic acid groups (broad SMARTS) is 1. The number of carbonyl (C=O) groups excluding carboxylic acids is 1. The summed E-state index contributed by atoms with van der Waals surface area (Å²) in [7, 11) is 0. The fourth-order valence-corrected chi connectivity index (χ4v) is 2.61. The molecule has 0 radical (unpaired) electrons. The smallest absolute Gasteiger partial charge is 0.334 e. The Kier molecular flexibility index (Phi) is 4.85. The summed E-state index contributed by atoms with van der Waals surface area (Å²) in [5, 5.41) is 12.9. The van der Waals surface area contributed by atoms with Crippen molar-refractivity contribution in [3.63, 3.8) is 0 Å². The van der Waals surface area contributed by atoms with Gasteiger partial charge in [0.25, 0.3) is 0 Å². The Morgan fingerprint density at radius 3 is 2.57 bits per heavy atom. The minimum atomic E-state index is -1.44. The second-order valence-electron chi connectivity index (χ2n) is 5.12. The summed E-state index contributed by atoms with van der Waals surface area (Å²) in [6.45, 7) is 2.60. The third kappa shape index (κ3) is 3.19. The summed E-state index contributed by atoms with van der Waals surface area (Å²) in [6.07, 6.45) is 0.856. The van der Waals surface area contributed by atoms with E-state index in [4.69, 9.17) is 16.3 Å². The quantitative estimate of drug-likeness (QED) is 0.874. The van der Waals surface area contributed by atoms with Crippen molar-refractivity contribution in [2.24, 2.45) is 5.92 Å². The van der Waals surface area contributed by atoms with Gasteiger partial charge in [0.05, 0.1) is 12.5 Å². The zero-order valence-electron chi connectivity index (χ0n) is 11.8. The van der Waals surface area contributed by atoms with Crippen LogP contribution < -0.4 is 5.32 Å². The highest BCUT2D eigenvalue weighted by Crippen LogP contribution is 2.28. The predicted molar refractivity (Wildman–Crippen MR) is 78.1 cm³/mol. The average molecular weight is 312 g/mol. The lowest BCUT2D eigenvalue weighted by Gasteiger charge is -2.31. The third-order valence-electron chi connectivity index (χ3n) is 3.87. The van der Waals surface area contributed by atoms with Crippen molar-refractivity contribution in [2.75, 3.05) is 13.2 Å². The van der Waals surface area contributed by atoms with E-state index in [0.717, 1.165) is 0 Å². The van der Waals surface area contributed by atoms with Crippen molar-refractivity contribution in [1.29, 1.82) is 0 Å². The molecule has 6 heteroatoms. The minimum Gasteiger partial charge on any atom is -0.479 e. The molecule has 0 spiro atoms. The van der Waals surface area contributed by atoms with E-state index in [2.05, 4.69) is 5.32 Å². The highest BCUT2D eigenvalue weighted by Gasteiger charge is 2.42. The zero-order chi connectivity index (χ0) is 15.5. The van der Waals surface area contributed by atoms with Crippen molar-refractivity contribution in [3.05, 3.63) is 34.9 Å². The van der Waals surface area contributed by atoms with Gasteiger partial charge in [0, 0.05) is 11.6 Å². The predicted octanol–water partition coefficient (Wildman–Crippen LogP) is 2.18. The van der Waals surface area contributed by atoms with Crippen LogP contribution in [0.2, 0.25) is 5.02 Å². The van der Waals surface area contributed by atoms with Gasteiger partial charge >= 0.3 is 5.97 Å². The van der Waals surface area contributed by atoms with Gasteiger partial charge in [0.2, 0.25) is 5.91 Å². The molecule has 1 heterocycles. The van der Waals surface area contributed by atoms with Crippen LogP contribution in [0.4, 0.5) is 0 Å². The van der Waals surface area contributed by atoms with E-state index in [1.807, 2.05) is 0 Å². The normalized spacial score (nSPS) is 20.8. The molecule has 2 atom stereocenters. The molecule has 0 saturated carbocycles. The lowest BCUT2D eigenvalue weighted by molar-refractivity contribution is -0.149. The maximum Gasteiger partial charge on any atom is 0.334 e. The molecule has 1 amide bonds. The first-order valence-electron chi connectivity index (χ1n) is 6.89. The van der Waals surface area contributed by atoms with Crippen LogP contribution in [0.15, 0.2) is 24.3 Å². The molecule has 1 fully saturated rings. The number of carboxylic acids is 1. The van der Waals surface area contributed by atoms with Crippen LogP contribution in [0.3, 0.4) is 0 Å². The number of amides is 1.